The van der Waals surface area contributed by atoms with Crippen LogP contribution >= 0.6 is 11.8 Å². The summed E-state index contributed by atoms with van der Waals surface area (Å²) in [5, 5.41) is 11.6. The molecule has 3 rings (SSSR count). The van der Waals surface area contributed by atoms with Crippen molar-refractivity contribution in [3.05, 3.63) is 64.4 Å². The van der Waals surface area contributed by atoms with Gasteiger partial charge in [-0.25, -0.2) is 4.98 Å². The molecule has 1 N–H and O–H groups in total. The molecule has 0 unspecified atom stereocenters. The van der Waals surface area contributed by atoms with E-state index in [4.69, 9.17) is 4.74 Å². The van der Waals surface area contributed by atoms with E-state index in [0.717, 1.165) is 5.75 Å². The topological polar surface area (TPSA) is 64.3 Å². The van der Waals surface area contributed by atoms with Crippen LogP contribution in [0.3, 0.4) is 0 Å². The molecular formula is C23H28N2O3S. The van der Waals surface area contributed by atoms with Crippen molar-refractivity contribution in [2.45, 2.75) is 50.9 Å². The first-order valence-electron chi connectivity index (χ1n) is 9.83. The molecule has 154 valence electrons. The fourth-order valence-electron chi connectivity index (χ4n) is 3.00. The van der Waals surface area contributed by atoms with Crippen LogP contribution in [0.5, 0.6) is 5.75 Å². The first-order valence-corrected chi connectivity index (χ1v) is 10.8. The van der Waals surface area contributed by atoms with E-state index in [2.05, 4.69) is 37.9 Å². The van der Waals surface area contributed by atoms with Gasteiger partial charge in [-0.15, -0.1) is 0 Å². The molecule has 0 fully saturated rings. The number of aliphatic hydroxyl groups is 1. The van der Waals surface area contributed by atoms with E-state index in [-0.39, 0.29) is 17.6 Å². The van der Waals surface area contributed by atoms with Crippen LogP contribution in [0.15, 0.2) is 58.5 Å². The zero-order valence-corrected chi connectivity index (χ0v) is 18.2. The molecule has 29 heavy (non-hydrogen) atoms. The average molecular weight is 413 g/mol. The van der Waals surface area contributed by atoms with Crippen molar-refractivity contribution in [1.82, 2.24) is 9.55 Å². The third-order valence-electron chi connectivity index (χ3n) is 4.71. The second-order valence-corrected chi connectivity index (χ2v) is 9.00. The van der Waals surface area contributed by atoms with Crippen LogP contribution in [0, 0.1) is 0 Å². The number of para-hydroxylation sites is 1. The minimum Gasteiger partial charge on any atom is -0.491 e. The molecule has 5 nitrogen and oxygen atoms in total. The number of rotatable bonds is 7. The summed E-state index contributed by atoms with van der Waals surface area (Å²) in [5.74, 6) is 1.13. The summed E-state index contributed by atoms with van der Waals surface area (Å²) in [5.41, 5.74) is 1.96. The molecular weight excluding hydrogens is 384 g/mol. The summed E-state index contributed by atoms with van der Waals surface area (Å²) in [7, 11) is 0. The van der Waals surface area contributed by atoms with Crippen molar-refractivity contribution in [3.8, 4) is 5.75 Å². The third kappa shape index (κ3) is 5.19. The van der Waals surface area contributed by atoms with Crippen molar-refractivity contribution in [1.29, 1.82) is 0 Å². The lowest BCUT2D eigenvalue weighted by Crippen LogP contribution is -2.24. The summed E-state index contributed by atoms with van der Waals surface area (Å²) in [4.78, 5) is 17.3. The van der Waals surface area contributed by atoms with Crippen molar-refractivity contribution in [2.24, 2.45) is 0 Å². The maximum atomic E-state index is 12.7. The molecule has 0 saturated heterocycles. The van der Waals surface area contributed by atoms with Gasteiger partial charge in [-0.3, -0.25) is 9.36 Å². The van der Waals surface area contributed by atoms with E-state index < -0.39 is 6.10 Å². The first kappa shape index (κ1) is 21.4. The fourth-order valence-corrected chi connectivity index (χ4v) is 3.97. The lowest BCUT2D eigenvalue weighted by atomic mass is 9.87. The SMILES string of the molecule is CCn1c(SC[C@H](O)COc2ccc(C(C)(C)C)cc2)nc2ccccc2c1=O. The fraction of sp³-hybridized carbons (Fsp3) is 0.391. The highest BCUT2D eigenvalue weighted by atomic mass is 32.2. The Hall–Kier alpha value is -2.31. The lowest BCUT2D eigenvalue weighted by molar-refractivity contribution is 0.126. The smallest absolute Gasteiger partial charge is 0.262 e. The number of benzene rings is 2. The van der Waals surface area contributed by atoms with Gasteiger partial charge in [-0.2, -0.15) is 0 Å². The third-order valence-corrected chi connectivity index (χ3v) is 5.83. The maximum absolute atomic E-state index is 12.7. The van der Waals surface area contributed by atoms with Gasteiger partial charge in [-0.05, 0) is 42.2 Å². The summed E-state index contributed by atoms with van der Waals surface area (Å²) in [6.07, 6.45) is -0.670. The Kier molecular flexibility index (Phi) is 6.65. The predicted octanol–water partition coefficient (Wildman–Crippen LogP) is 4.25. The standard InChI is InChI=1S/C23H28N2O3S/c1-5-25-21(27)19-8-6-7-9-20(19)24-22(25)29-15-17(26)14-28-18-12-10-16(11-13-18)23(2,3)4/h6-13,17,26H,5,14-15H2,1-4H3/t17-/m1/s1. The van der Waals surface area contributed by atoms with E-state index in [1.54, 1.807) is 10.6 Å². The van der Waals surface area contributed by atoms with Crippen molar-refractivity contribution in [3.63, 3.8) is 0 Å². The van der Waals surface area contributed by atoms with Gasteiger partial charge in [0.2, 0.25) is 0 Å². The minimum atomic E-state index is -0.670. The highest BCUT2D eigenvalue weighted by molar-refractivity contribution is 7.99. The molecule has 6 heteroatoms. The minimum absolute atomic E-state index is 0.0507. The van der Waals surface area contributed by atoms with Crippen molar-refractivity contribution in [2.75, 3.05) is 12.4 Å². The number of hydrogen-bond acceptors (Lipinski definition) is 5. The van der Waals surface area contributed by atoms with Gasteiger partial charge < -0.3 is 9.84 Å². The molecule has 0 saturated carbocycles. The largest absolute Gasteiger partial charge is 0.491 e. The number of nitrogens with zero attached hydrogens (tertiary/aromatic N) is 2. The second-order valence-electron chi connectivity index (χ2n) is 8.01. The van der Waals surface area contributed by atoms with Gasteiger partial charge in [0.1, 0.15) is 12.4 Å². The van der Waals surface area contributed by atoms with Gasteiger partial charge in [0, 0.05) is 12.3 Å². The molecule has 1 atom stereocenters. The van der Waals surface area contributed by atoms with E-state index >= 15 is 0 Å². The molecule has 0 spiro atoms. The van der Waals surface area contributed by atoms with E-state index in [9.17, 15) is 9.90 Å². The van der Waals surface area contributed by atoms with Gasteiger partial charge in [0.05, 0.1) is 17.0 Å². The zero-order valence-electron chi connectivity index (χ0n) is 17.4. The summed E-state index contributed by atoms with van der Waals surface area (Å²) >= 11 is 1.37. The molecule has 0 radical (unpaired) electrons. The van der Waals surface area contributed by atoms with E-state index in [1.807, 2.05) is 37.3 Å². The van der Waals surface area contributed by atoms with Crippen molar-refractivity contribution < 1.29 is 9.84 Å². The Labute approximate surface area is 175 Å². The Balaban J connectivity index is 1.62. The molecule has 0 aliphatic rings. The van der Waals surface area contributed by atoms with Crippen LogP contribution < -0.4 is 10.3 Å². The van der Waals surface area contributed by atoms with E-state index in [0.29, 0.717) is 28.4 Å². The Morgan fingerprint density at radius 3 is 2.48 bits per heavy atom. The monoisotopic (exact) mass is 412 g/mol. The molecule has 0 aliphatic heterocycles. The average Bonchev–Trinajstić information content (AvgIpc) is 2.70. The zero-order chi connectivity index (χ0) is 21.0. The first-order chi connectivity index (χ1) is 13.8. The highest BCUT2D eigenvalue weighted by Gasteiger charge is 2.15. The normalized spacial score (nSPS) is 12.9. The quantitative estimate of drug-likeness (QED) is 0.464. The summed E-state index contributed by atoms with van der Waals surface area (Å²) in [6.45, 7) is 9.14. The van der Waals surface area contributed by atoms with Gasteiger partial charge in [0.25, 0.3) is 5.56 Å². The van der Waals surface area contributed by atoms with Crippen LogP contribution in [0.4, 0.5) is 0 Å². The van der Waals surface area contributed by atoms with Crippen LogP contribution in [-0.4, -0.2) is 33.1 Å². The van der Waals surface area contributed by atoms with Crippen LogP contribution in [0.2, 0.25) is 0 Å². The molecule has 0 bridgehead atoms. The number of aromatic nitrogens is 2. The van der Waals surface area contributed by atoms with Crippen LogP contribution in [0.25, 0.3) is 10.9 Å². The maximum Gasteiger partial charge on any atom is 0.262 e. The molecule has 1 aromatic heterocycles. The van der Waals surface area contributed by atoms with Gasteiger partial charge in [0.15, 0.2) is 5.16 Å². The van der Waals surface area contributed by atoms with E-state index in [1.165, 1.54) is 17.3 Å². The number of hydrogen-bond donors (Lipinski definition) is 1. The number of thioether (sulfide) groups is 1. The van der Waals surface area contributed by atoms with Gasteiger partial charge >= 0.3 is 0 Å². The lowest BCUT2D eigenvalue weighted by Gasteiger charge is -2.19. The number of fused-ring (bicyclic) bond motifs is 1. The molecule has 1 heterocycles. The van der Waals surface area contributed by atoms with Crippen molar-refractivity contribution >= 4 is 22.7 Å². The molecule has 0 aliphatic carbocycles. The van der Waals surface area contributed by atoms with Gasteiger partial charge in [-0.1, -0.05) is 56.8 Å². The Bertz CT molecular complexity index is 1020. The number of aliphatic hydroxyl groups excluding tert-OH is 1. The molecule has 3 aromatic rings. The highest BCUT2D eigenvalue weighted by Crippen LogP contribution is 2.24. The molecule has 2 aromatic carbocycles. The Morgan fingerprint density at radius 1 is 1.14 bits per heavy atom. The Morgan fingerprint density at radius 2 is 1.83 bits per heavy atom. The van der Waals surface area contributed by atoms with Crippen LogP contribution in [0.1, 0.15) is 33.3 Å². The summed E-state index contributed by atoms with van der Waals surface area (Å²) < 4.78 is 7.37. The predicted molar refractivity (Wildman–Crippen MR) is 119 cm³/mol. The molecule has 0 amide bonds. The summed E-state index contributed by atoms with van der Waals surface area (Å²) in [6, 6.07) is 15.3. The second kappa shape index (κ2) is 9.01. The number of ether oxygens (including phenoxy) is 1. The van der Waals surface area contributed by atoms with Crippen LogP contribution in [-0.2, 0) is 12.0 Å².